The number of halogens is 1. The number of aryl methyl sites for hydroxylation is 1. The van der Waals surface area contributed by atoms with Crippen molar-refractivity contribution in [2.45, 2.75) is 23.6 Å². The number of amides is 1. The van der Waals surface area contributed by atoms with Gasteiger partial charge in [-0.3, -0.25) is 4.79 Å². The molecule has 1 amide bonds. The molecule has 0 bridgehead atoms. The molecule has 1 N–H and O–H groups in total. The van der Waals surface area contributed by atoms with Crippen LogP contribution in [0.3, 0.4) is 0 Å². The van der Waals surface area contributed by atoms with E-state index in [0.717, 1.165) is 21.9 Å². The molecule has 0 saturated carbocycles. The Bertz CT molecular complexity index is 1160. The zero-order chi connectivity index (χ0) is 22.3. The van der Waals surface area contributed by atoms with Crippen LogP contribution in [0.15, 0.2) is 108 Å². The fourth-order valence-corrected chi connectivity index (χ4v) is 4.41. The van der Waals surface area contributed by atoms with E-state index in [1.54, 1.807) is 11.8 Å². The van der Waals surface area contributed by atoms with Crippen molar-refractivity contribution in [1.82, 2.24) is 5.32 Å². The highest BCUT2D eigenvalue weighted by Gasteiger charge is 2.17. The summed E-state index contributed by atoms with van der Waals surface area (Å²) in [5, 5.41) is 3.95. The first-order valence-corrected chi connectivity index (χ1v) is 11.8. The largest absolute Gasteiger partial charge is 0.341 e. The quantitative estimate of drug-likeness (QED) is 0.292. The lowest BCUT2D eigenvalue weighted by molar-refractivity contribution is 0.0943. The Morgan fingerprint density at radius 3 is 2.09 bits per heavy atom. The second kappa shape index (κ2) is 10.5. The molecule has 0 radical (unpaired) electrons. The Balaban J connectivity index is 1.46. The van der Waals surface area contributed by atoms with Gasteiger partial charge in [0.25, 0.3) is 5.91 Å². The number of hydrogen-bond acceptors (Lipinski definition) is 2. The normalized spacial score (nSPS) is 11.7. The Kier molecular flexibility index (Phi) is 7.31. The van der Waals surface area contributed by atoms with E-state index >= 15 is 0 Å². The maximum atomic E-state index is 13.1. The molecule has 160 valence electrons. The number of rotatable bonds is 7. The van der Waals surface area contributed by atoms with Crippen LogP contribution in [-0.2, 0) is 5.75 Å². The van der Waals surface area contributed by atoms with Crippen LogP contribution in [0.25, 0.3) is 0 Å². The second-order valence-corrected chi connectivity index (χ2v) is 9.15. The first kappa shape index (κ1) is 22.2. The van der Waals surface area contributed by atoms with E-state index < -0.39 is 0 Å². The van der Waals surface area contributed by atoms with Gasteiger partial charge in [-0.2, -0.15) is 0 Å². The molecule has 0 aliphatic rings. The number of carbonyl (C=O) groups is 1. The maximum absolute atomic E-state index is 13.1. The lowest BCUT2D eigenvalue weighted by Gasteiger charge is -2.20. The van der Waals surface area contributed by atoms with Crippen LogP contribution >= 0.6 is 23.4 Å². The minimum Gasteiger partial charge on any atom is -0.341 e. The summed E-state index contributed by atoms with van der Waals surface area (Å²) in [7, 11) is 0. The van der Waals surface area contributed by atoms with Crippen LogP contribution in [0.1, 0.15) is 38.7 Å². The van der Waals surface area contributed by atoms with E-state index in [4.69, 9.17) is 11.6 Å². The fraction of sp³-hybridized carbons (Fsp3) is 0.107. The van der Waals surface area contributed by atoms with Crippen LogP contribution in [-0.4, -0.2) is 5.91 Å². The zero-order valence-corrected chi connectivity index (χ0v) is 19.4. The summed E-state index contributed by atoms with van der Waals surface area (Å²) in [6.07, 6.45) is 0. The van der Waals surface area contributed by atoms with Gasteiger partial charge < -0.3 is 5.32 Å². The maximum Gasteiger partial charge on any atom is 0.252 e. The van der Waals surface area contributed by atoms with Gasteiger partial charge in [0, 0.05) is 21.2 Å². The summed E-state index contributed by atoms with van der Waals surface area (Å²) in [5.74, 6) is 0.746. The van der Waals surface area contributed by atoms with E-state index in [1.165, 1.54) is 16.0 Å². The minimum absolute atomic E-state index is 0.0867. The molecule has 4 aromatic rings. The highest BCUT2D eigenvalue weighted by Crippen LogP contribution is 2.25. The fourth-order valence-electron chi connectivity index (χ4n) is 3.43. The first-order valence-electron chi connectivity index (χ1n) is 10.5. The molecular weight excluding hydrogens is 434 g/mol. The molecule has 4 rings (SSSR count). The average Bonchev–Trinajstić information content (AvgIpc) is 2.83. The van der Waals surface area contributed by atoms with Crippen LogP contribution in [0, 0.1) is 6.92 Å². The average molecular weight is 458 g/mol. The van der Waals surface area contributed by atoms with Crippen molar-refractivity contribution in [2.24, 2.45) is 0 Å². The van der Waals surface area contributed by atoms with Crippen LogP contribution in [0.2, 0.25) is 5.02 Å². The predicted molar refractivity (Wildman–Crippen MR) is 134 cm³/mol. The van der Waals surface area contributed by atoms with Crippen LogP contribution in [0.5, 0.6) is 0 Å². The van der Waals surface area contributed by atoms with Crippen molar-refractivity contribution < 1.29 is 4.79 Å². The molecule has 0 heterocycles. The van der Waals surface area contributed by atoms with Gasteiger partial charge in [-0.25, -0.2) is 0 Å². The molecule has 0 unspecified atom stereocenters. The van der Waals surface area contributed by atoms with E-state index in [9.17, 15) is 4.79 Å². The number of thioether (sulfide) groups is 1. The van der Waals surface area contributed by atoms with E-state index in [0.29, 0.717) is 5.56 Å². The van der Waals surface area contributed by atoms with Gasteiger partial charge in [-0.05, 0) is 60.0 Å². The molecule has 0 saturated heterocycles. The molecule has 4 heteroatoms. The zero-order valence-electron chi connectivity index (χ0n) is 17.8. The molecule has 2 nitrogen and oxygen atoms in total. The summed E-state index contributed by atoms with van der Waals surface area (Å²) < 4.78 is 0. The Hall–Kier alpha value is -3.01. The molecule has 1 atom stereocenters. The monoisotopic (exact) mass is 457 g/mol. The lowest BCUT2D eigenvalue weighted by Crippen LogP contribution is -2.29. The van der Waals surface area contributed by atoms with Crippen molar-refractivity contribution >= 4 is 29.3 Å². The van der Waals surface area contributed by atoms with Crippen LogP contribution < -0.4 is 5.32 Å². The molecule has 0 aromatic heterocycles. The molecule has 0 aliphatic heterocycles. The third-order valence-electron chi connectivity index (χ3n) is 5.25. The summed E-state index contributed by atoms with van der Waals surface area (Å²) in [6.45, 7) is 2.06. The number of nitrogens with one attached hydrogen (secondary N) is 1. The molecule has 32 heavy (non-hydrogen) atoms. The SMILES string of the molecule is Cc1ccc([C@@H](NC(=O)c2ccc(CSc3ccc(Cl)cc3)cc2)c2ccccc2)cc1. The lowest BCUT2D eigenvalue weighted by atomic mass is 9.97. The first-order chi connectivity index (χ1) is 15.6. The van der Waals surface area contributed by atoms with Crippen LogP contribution in [0.4, 0.5) is 0 Å². The molecule has 4 aromatic carbocycles. The Labute approximate surface area is 198 Å². The Morgan fingerprint density at radius 2 is 1.44 bits per heavy atom. The van der Waals surface area contributed by atoms with Crippen molar-refractivity contribution in [2.75, 3.05) is 0 Å². The third-order valence-corrected chi connectivity index (χ3v) is 6.59. The smallest absolute Gasteiger partial charge is 0.252 e. The summed E-state index contributed by atoms with van der Waals surface area (Å²) in [6, 6.07) is 33.8. The van der Waals surface area contributed by atoms with E-state index in [1.807, 2.05) is 78.9 Å². The summed E-state index contributed by atoms with van der Waals surface area (Å²) in [4.78, 5) is 14.2. The van der Waals surface area contributed by atoms with Gasteiger partial charge in [-0.1, -0.05) is 83.9 Å². The summed E-state index contributed by atoms with van der Waals surface area (Å²) in [5.41, 5.74) is 5.13. The van der Waals surface area contributed by atoms with Crippen molar-refractivity contribution in [1.29, 1.82) is 0 Å². The summed E-state index contributed by atoms with van der Waals surface area (Å²) >= 11 is 7.69. The van der Waals surface area contributed by atoms with Gasteiger partial charge in [-0.15, -0.1) is 11.8 Å². The Morgan fingerprint density at radius 1 is 0.812 bits per heavy atom. The second-order valence-electron chi connectivity index (χ2n) is 7.67. The third kappa shape index (κ3) is 5.82. The predicted octanol–water partition coefficient (Wildman–Crippen LogP) is 7.46. The number of hydrogen-bond donors (Lipinski definition) is 1. The van der Waals surface area contributed by atoms with Gasteiger partial charge in [0.1, 0.15) is 0 Å². The minimum atomic E-state index is -0.204. The molecule has 0 spiro atoms. The standard InChI is InChI=1S/C28H24ClNOS/c1-20-7-11-23(12-8-20)27(22-5-3-2-4-6-22)30-28(31)24-13-9-21(10-14-24)19-32-26-17-15-25(29)16-18-26/h2-18,27H,19H2,1H3,(H,30,31)/t27-/m0/s1. The van der Waals surface area contributed by atoms with E-state index in [2.05, 4.69) is 36.5 Å². The number of benzene rings is 4. The molecule has 0 aliphatic carbocycles. The highest BCUT2D eigenvalue weighted by atomic mass is 35.5. The molecular formula is C28H24ClNOS. The van der Waals surface area contributed by atoms with Gasteiger partial charge in [0.2, 0.25) is 0 Å². The number of carbonyl (C=O) groups excluding carboxylic acids is 1. The van der Waals surface area contributed by atoms with Crippen molar-refractivity contribution in [3.05, 3.63) is 136 Å². The van der Waals surface area contributed by atoms with Gasteiger partial charge in [0.05, 0.1) is 6.04 Å². The van der Waals surface area contributed by atoms with Gasteiger partial charge in [0.15, 0.2) is 0 Å². The highest BCUT2D eigenvalue weighted by molar-refractivity contribution is 7.98. The van der Waals surface area contributed by atoms with Gasteiger partial charge >= 0.3 is 0 Å². The van der Waals surface area contributed by atoms with Crippen molar-refractivity contribution in [3.63, 3.8) is 0 Å². The topological polar surface area (TPSA) is 29.1 Å². The van der Waals surface area contributed by atoms with Crippen molar-refractivity contribution in [3.8, 4) is 0 Å². The van der Waals surface area contributed by atoms with E-state index in [-0.39, 0.29) is 11.9 Å². The molecule has 0 fully saturated rings.